The molecule has 0 radical (unpaired) electrons. The summed E-state index contributed by atoms with van der Waals surface area (Å²) in [7, 11) is 0. The molecule has 1 aromatic carbocycles. The van der Waals surface area contributed by atoms with E-state index < -0.39 is 28.9 Å². The van der Waals surface area contributed by atoms with Crippen molar-refractivity contribution in [3.8, 4) is 0 Å². The van der Waals surface area contributed by atoms with Crippen LogP contribution >= 0.6 is 0 Å². The van der Waals surface area contributed by atoms with Crippen molar-refractivity contribution >= 4 is 17.6 Å². The Morgan fingerprint density at radius 2 is 1.82 bits per heavy atom. The Balaban J connectivity index is 1.36. The molecule has 10 heteroatoms. The molecule has 1 amide bonds. The molecular formula is C24H25F5N4O. The van der Waals surface area contributed by atoms with Crippen LogP contribution in [0.5, 0.6) is 0 Å². The van der Waals surface area contributed by atoms with Crippen LogP contribution in [0, 0.1) is 11.7 Å². The molecule has 1 saturated heterocycles. The topological polar surface area (TPSA) is 58.1 Å². The molecule has 0 unspecified atom stereocenters. The molecule has 4 rings (SSSR count). The number of nitrogens with zero attached hydrogens (tertiary/aromatic N) is 3. The van der Waals surface area contributed by atoms with E-state index >= 15 is 0 Å². The third kappa shape index (κ3) is 5.90. The van der Waals surface area contributed by atoms with Gasteiger partial charge in [0.25, 0.3) is 5.91 Å². The van der Waals surface area contributed by atoms with Crippen molar-refractivity contribution in [2.45, 2.75) is 44.7 Å². The number of nitrogens with one attached hydrogen (secondary N) is 1. The van der Waals surface area contributed by atoms with Crippen LogP contribution in [0.25, 0.3) is 5.83 Å². The second kappa shape index (κ2) is 10.1. The van der Waals surface area contributed by atoms with Crippen LogP contribution < -0.4 is 10.2 Å². The van der Waals surface area contributed by atoms with Crippen molar-refractivity contribution in [1.29, 1.82) is 0 Å². The molecular weight excluding hydrogens is 455 g/mol. The molecule has 34 heavy (non-hydrogen) atoms. The fraction of sp³-hybridized carbons (Fsp3) is 0.458. The first kappa shape index (κ1) is 24.1. The van der Waals surface area contributed by atoms with Gasteiger partial charge in [-0.2, -0.15) is 13.2 Å². The van der Waals surface area contributed by atoms with Crippen LogP contribution in [0.2, 0.25) is 0 Å². The van der Waals surface area contributed by atoms with Gasteiger partial charge >= 0.3 is 6.18 Å². The van der Waals surface area contributed by atoms with Gasteiger partial charge in [-0.1, -0.05) is 12.8 Å². The van der Waals surface area contributed by atoms with E-state index in [1.54, 1.807) is 12.1 Å². The van der Waals surface area contributed by atoms with Gasteiger partial charge in [-0.05, 0) is 67.5 Å². The van der Waals surface area contributed by atoms with E-state index in [1.807, 2.05) is 4.90 Å². The van der Waals surface area contributed by atoms with Crippen molar-refractivity contribution in [2.24, 2.45) is 5.92 Å². The number of benzene rings is 1. The number of piperidine rings is 1. The summed E-state index contributed by atoms with van der Waals surface area (Å²) in [5.74, 6) is -0.961. The molecule has 2 fully saturated rings. The zero-order valence-corrected chi connectivity index (χ0v) is 18.5. The Kier molecular flexibility index (Phi) is 7.13. The van der Waals surface area contributed by atoms with Gasteiger partial charge in [0.1, 0.15) is 11.6 Å². The first-order chi connectivity index (χ1) is 16.2. The molecule has 1 saturated carbocycles. The quantitative estimate of drug-likeness (QED) is 0.418. The van der Waals surface area contributed by atoms with Crippen molar-refractivity contribution in [3.05, 3.63) is 58.5 Å². The standard InChI is InChI=1S/C24H25F5N4O/c25-17-5-6-19(24(27,28)29)18(14-17)22(26)16-9-12-33(13-10-16)21-8-7-20(31-32-21)23(34)30-11-1-2-15-3-4-15/h5-8,14-15H,1-4,9-13H2,(H,30,34). The number of alkyl halides is 3. The lowest BCUT2D eigenvalue weighted by molar-refractivity contribution is -0.137. The van der Waals surface area contributed by atoms with Crippen molar-refractivity contribution < 1.29 is 26.7 Å². The van der Waals surface area contributed by atoms with E-state index in [9.17, 15) is 26.7 Å². The van der Waals surface area contributed by atoms with Gasteiger partial charge in [0, 0.05) is 25.2 Å². The third-order valence-corrected chi connectivity index (χ3v) is 6.18. The number of carbonyl (C=O) groups excluding carboxylic acids is 1. The maximum atomic E-state index is 15.0. The Labute approximate surface area is 194 Å². The Bertz CT molecular complexity index is 1050. The molecule has 182 valence electrons. The van der Waals surface area contributed by atoms with Crippen LogP contribution in [0.3, 0.4) is 0 Å². The van der Waals surface area contributed by atoms with Gasteiger partial charge in [-0.15, -0.1) is 10.2 Å². The lowest BCUT2D eigenvalue weighted by Gasteiger charge is -2.29. The average Bonchev–Trinajstić information content (AvgIpc) is 3.65. The predicted octanol–water partition coefficient (Wildman–Crippen LogP) is 5.54. The Morgan fingerprint density at radius 3 is 2.44 bits per heavy atom. The molecule has 1 aliphatic heterocycles. The van der Waals surface area contributed by atoms with Crippen LogP contribution in [0.1, 0.15) is 60.1 Å². The lowest BCUT2D eigenvalue weighted by Crippen LogP contribution is -2.32. The van der Waals surface area contributed by atoms with Crippen molar-refractivity contribution in [3.63, 3.8) is 0 Å². The summed E-state index contributed by atoms with van der Waals surface area (Å²) in [4.78, 5) is 14.0. The van der Waals surface area contributed by atoms with E-state index in [0.29, 0.717) is 43.7 Å². The van der Waals surface area contributed by atoms with Gasteiger partial charge in [0.2, 0.25) is 0 Å². The zero-order chi connectivity index (χ0) is 24.3. The normalized spacial score (nSPS) is 16.5. The van der Waals surface area contributed by atoms with Crippen LogP contribution in [-0.4, -0.2) is 35.7 Å². The summed E-state index contributed by atoms with van der Waals surface area (Å²) in [5, 5.41) is 10.9. The largest absolute Gasteiger partial charge is 0.417 e. The summed E-state index contributed by atoms with van der Waals surface area (Å²) >= 11 is 0. The highest BCUT2D eigenvalue weighted by atomic mass is 19.4. The van der Waals surface area contributed by atoms with Crippen molar-refractivity contribution in [2.75, 3.05) is 24.5 Å². The number of aromatic nitrogens is 2. The molecule has 0 spiro atoms. The van der Waals surface area contributed by atoms with Crippen LogP contribution in [0.15, 0.2) is 35.9 Å². The number of rotatable bonds is 7. The molecule has 0 bridgehead atoms. The molecule has 2 aliphatic rings. The number of carbonyl (C=O) groups is 1. The predicted molar refractivity (Wildman–Crippen MR) is 117 cm³/mol. The fourth-order valence-electron chi connectivity index (χ4n) is 4.07. The maximum absolute atomic E-state index is 15.0. The second-order valence-corrected chi connectivity index (χ2v) is 8.71. The zero-order valence-electron chi connectivity index (χ0n) is 18.5. The summed E-state index contributed by atoms with van der Waals surface area (Å²) in [6.45, 7) is 1.20. The average molecular weight is 480 g/mol. The first-order valence-corrected chi connectivity index (χ1v) is 11.3. The maximum Gasteiger partial charge on any atom is 0.417 e. The molecule has 2 aromatic rings. The number of anilines is 1. The summed E-state index contributed by atoms with van der Waals surface area (Å²) in [6.07, 6.45) is 0.134. The highest BCUT2D eigenvalue weighted by Crippen LogP contribution is 2.38. The van der Waals surface area contributed by atoms with E-state index in [-0.39, 0.29) is 30.0 Å². The van der Waals surface area contributed by atoms with Gasteiger partial charge in [-0.3, -0.25) is 4.79 Å². The minimum atomic E-state index is -4.79. The minimum absolute atomic E-state index is 0.157. The number of halogens is 5. The van der Waals surface area contributed by atoms with E-state index in [0.717, 1.165) is 18.8 Å². The summed E-state index contributed by atoms with van der Waals surface area (Å²) in [5.41, 5.74) is -1.58. The number of amides is 1. The molecule has 5 nitrogen and oxygen atoms in total. The lowest BCUT2D eigenvalue weighted by atomic mass is 9.97. The number of hydrogen-bond donors (Lipinski definition) is 1. The number of hydrogen-bond acceptors (Lipinski definition) is 4. The SMILES string of the molecule is O=C(NCCCC1CC1)c1ccc(N2CCC(=C(F)c3cc(F)ccc3C(F)(F)F)CC2)nn1. The third-order valence-electron chi connectivity index (χ3n) is 6.18. The van der Waals surface area contributed by atoms with E-state index in [4.69, 9.17) is 0 Å². The van der Waals surface area contributed by atoms with Crippen LogP contribution in [-0.2, 0) is 6.18 Å². The molecule has 1 aromatic heterocycles. The molecule has 0 atom stereocenters. The Hall–Kier alpha value is -3.04. The monoisotopic (exact) mass is 480 g/mol. The van der Waals surface area contributed by atoms with E-state index in [1.165, 1.54) is 12.8 Å². The molecule has 2 heterocycles. The van der Waals surface area contributed by atoms with Crippen molar-refractivity contribution in [1.82, 2.24) is 15.5 Å². The van der Waals surface area contributed by atoms with Gasteiger partial charge in [0.15, 0.2) is 11.5 Å². The highest BCUT2D eigenvalue weighted by Gasteiger charge is 2.35. The second-order valence-electron chi connectivity index (χ2n) is 8.71. The minimum Gasteiger partial charge on any atom is -0.354 e. The van der Waals surface area contributed by atoms with Gasteiger partial charge < -0.3 is 10.2 Å². The summed E-state index contributed by atoms with van der Waals surface area (Å²) < 4.78 is 68.2. The van der Waals surface area contributed by atoms with E-state index in [2.05, 4.69) is 15.5 Å². The first-order valence-electron chi connectivity index (χ1n) is 11.3. The smallest absolute Gasteiger partial charge is 0.354 e. The van der Waals surface area contributed by atoms with Gasteiger partial charge in [0.05, 0.1) is 5.56 Å². The molecule has 1 N–H and O–H groups in total. The summed E-state index contributed by atoms with van der Waals surface area (Å²) in [6, 6.07) is 5.01. The van der Waals surface area contributed by atoms with Crippen LogP contribution in [0.4, 0.5) is 27.8 Å². The molecule has 1 aliphatic carbocycles. The Morgan fingerprint density at radius 1 is 1.09 bits per heavy atom. The highest BCUT2D eigenvalue weighted by molar-refractivity contribution is 5.92. The fourth-order valence-corrected chi connectivity index (χ4v) is 4.07. The van der Waals surface area contributed by atoms with Gasteiger partial charge in [-0.25, -0.2) is 8.78 Å².